The van der Waals surface area contributed by atoms with Crippen LogP contribution in [0.15, 0.2) is 0 Å². The quantitative estimate of drug-likeness (QED) is 0.518. The topological polar surface area (TPSA) is 29.3 Å². The lowest BCUT2D eigenvalue weighted by Crippen LogP contribution is -2.49. The molecule has 0 saturated carbocycles. The maximum Gasteiger partial charge on any atom is 0.0891 e. The zero-order valence-corrected chi connectivity index (χ0v) is 14.3. The number of piperidine rings is 1. The first-order valence-corrected chi connectivity index (χ1v) is 9.35. The molecule has 1 aliphatic heterocycles. The summed E-state index contributed by atoms with van der Waals surface area (Å²) >= 11 is 7.10. The number of rotatable bonds is 9. The van der Waals surface area contributed by atoms with Crippen LogP contribution in [0.4, 0.5) is 0 Å². The van der Waals surface area contributed by atoms with Gasteiger partial charge in [-0.25, -0.2) is 0 Å². The molecule has 112 valence electrons. The highest BCUT2D eigenvalue weighted by Gasteiger charge is 2.36. The maximum atomic E-state index is 5.92. The first-order valence-electron chi connectivity index (χ1n) is 7.72. The van der Waals surface area contributed by atoms with E-state index in [0.717, 1.165) is 25.9 Å². The number of nitrogens with two attached hydrogens (primary N) is 1. The van der Waals surface area contributed by atoms with E-state index in [1.165, 1.54) is 45.1 Å². The second-order valence-corrected chi connectivity index (χ2v) is 7.30. The molecule has 0 spiro atoms. The van der Waals surface area contributed by atoms with E-state index in [9.17, 15) is 0 Å². The van der Waals surface area contributed by atoms with Crippen LogP contribution in [0.25, 0.3) is 0 Å². The number of likely N-dealkylation sites (tertiary alicyclic amines) is 1. The fourth-order valence-electron chi connectivity index (χ4n) is 2.80. The van der Waals surface area contributed by atoms with Crippen molar-refractivity contribution in [3.05, 3.63) is 0 Å². The third kappa shape index (κ3) is 5.60. The predicted molar refractivity (Wildman–Crippen MR) is 92.1 cm³/mol. The lowest BCUT2D eigenvalue weighted by atomic mass is 9.95. The summed E-state index contributed by atoms with van der Waals surface area (Å²) in [5.74, 6) is 0. The highest BCUT2D eigenvalue weighted by Crippen LogP contribution is 2.34. The molecule has 0 atom stereocenters. The average molecular weight is 303 g/mol. The van der Waals surface area contributed by atoms with Crippen molar-refractivity contribution >= 4 is 29.0 Å². The molecule has 1 heterocycles. The van der Waals surface area contributed by atoms with E-state index in [1.807, 2.05) is 11.8 Å². The van der Waals surface area contributed by atoms with Gasteiger partial charge in [0.15, 0.2) is 0 Å². The van der Waals surface area contributed by atoms with Crippen LogP contribution in [0.1, 0.15) is 58.3 Å². The van der Waals surface area contributed by atoms with Crippen molar-refractivity contribution in [2.75, 3.05) is 25.9 Å². The Labute approximate surface area is 128 Å². The second kappa shape index (κ2) is 9.19. The fourth-order valence-corrected chi connectivity index (χ4v) is 4.05. The molecule has 0 aliphatic carbocycles. The zero-order chi connectivity index (χ0) is 14.1. The summed E-state index contributed by atoms with van der Waals surface area (Å²) in [5, 5.41) is 0. The first-order chi connectivity index (χ1) is 9.14. The molecule has 1 aliphatic rings. The Hall–Kier alpha value is 0.200. The van der Waals surface area contributed by atoms with Gasteiger partial charge in [-0.1, -0.05) is 51.2 Å². The summed E-state index contributed by atoms with van der Waals surface area (Å²) < 4.78 is 0.0763. The van der Waals surface area contributed by atoms with Crippen LogP contribution in [-0.2, 0) is 0 Å². The summed E-state index contributed by atoms with van der Waals surface area (Å²) in [5.41, 5.74) is 5.92. The molecule has 4 heteroatoms. The maximum absolute atomic E-state index is 5.92. The smallest absolute Gasteiger partial charge is 0.0891 e. The van der Waals surface area contributed by atoms with Crippen molar-refractivity contribution in [2.45, 2.75) is 63.0 Å². The van der Waals surface area contributed by atoms with E-state index >= 15 is 0 Å². The molecule has 1 saturated heterocycles. The normalized spacial score (nSPS) is 19.5. The monoisotopic (exact) mass is 302 g/mol. The van der Waals surface area contributed by atoms with Gasteiger partial charge in [-0.2, -0.15) is 11.8 Å². The van der Waals surface area contributed by atoms with Crippen molar-refractivity contribution in [3.8, 4) is 0 Å². The van der Waals surface area contributed by atoms with Gasteiger partial charge >= 0.3 is 0 Å². The van der Waals surface area contributed by atoms with Crippen LogP contribution in [0, 0.1) is 0 Å². The number of thiocarbonyl (C=S) groups is 1. The van der Waals surface area contributed by atoms with Crippen molar-refractivity contribution < 1.29 is 0 Å². The summed E-state index contributed by atoms with van der Waals surface area (Å²) in [6.07, 6.45) is 12.7. The summed E-state index contributed by atoms with van der Waals surface area (Å²) in [6, 6.07) is 0. The van der Waals surface area contributed by atoms with Gasteiger partial charge < -0.3 is 10.6 Å². The minimum atomic E-state index is 0.0763. The molecular weight excluding hydrogens is 272 g/mol. The Morgan fingerprint density at radius 1 is 1.16 bits per heavy atom. The third-order valence-corrected chi connectivity index (χ3v) is 6.26. The largest absolute Gasteiger partial charge is 0.392 e. The molecule has 0 unspecified atom stereocenters. The van der Waals surface area contributed by atoms with E-state index in [2.05, 4.69) is 18.1 Å². The van der Waals surface area contributed by atoms with E-state index in [-0.39, 0.29) is 4.75 Å². The predicted octanol–water partition coefficient (Wildman–Crippen LogP) is 3.83. The van der Waals surface area contributed by atoms with Crippen LogP contribution in [0.5, 0.6) is 0 Å². The van der Waals surface area contributed by atoms with Gasteiger partial charge in [-0.15, -0.1) is 0 Å². The van der Waals surface area contributed by atoms with E-state index < -0.39 is 0 Å². The highest BCUT2D eigenvalue weighted by atomic mass is 32.2. The lowest BCUT2D eigenvalue weighted by molar-refractivity contribution is 0.216. The van der Waals surface area contributed by atoms with Crippen molar-refractivity contribution in [1.29, 1.82) is 0 Å². The van der Waals surface area contributed by atoms with Gasteiger partial charge in [0, 0.05) is 0 Å². The Balaban J connectivity index is 2.14. The fraction of sp³-hybridized carbons (Fsp3) is 0.933. The molecule has 2 nitrogen and oxygen atoms in total. The van der Waals surface area contributed by atoms with Gasteiger partial charge in [-0.3, -0.25) is 0 Å². The van der Waals surface area contributed by atoms with Crippen LogP contribution in [0.2, 0.25) is 0 Å². The molecule has 0 aromatic carbocycles. The first kappa shape index (κ1) is 17.3. The molecule has 0 amide bonds. The number of hydrogen-bond donors (Lipinski definition) is 1. The Kier molecular flexibility index (Phi) is 8.35. The van der Waals surface area contributed by atoms with Gasteiger partial charge in [0.25, 0.3) is 0 Å². The molecule has 2 N–H and O–H groups in total. The summed E-state index contributed by atoms with van der Waals surface area (Å²) in [6.45, 7) is 5.85. The van der Waals surface area contributed by atoms with Gasteiger partial charge in [-0.05, 0) is 45.2 Å². The number of hydrogen-bond acceptors (Lipinski definition) is 3. The van der Waals surface area contributed by atoms with Crippen LogP contribution in [-0.4, -0.2) is 40.5 Å². The van der Waals surface area contributed by atoms with E-state index in [1.54, 1.807) is 0 Å². The van der Waals surface area contributed by atoms with Crippen LogP contribution in [0.3, 0.4) is 0 Å². The number of nitrogens with zero attached hydrogens (tertiary/aromatic N) is 1. The lowest BCUT2D eigenvalue weighted by Gasteiger charge is -2.40. The Bertz CT molecular complexity index is 261. The van der Waals surface area contributed by atoms with E-state index in [0.29, 0.717) is 4.99 Å². The molecule has 19 heavy (non-hydrogen) atoms. The second-order valence-electron chi connectivity index (χ2n) is 5.67. The zero-order valence-electron chi connectivity index (χ0n) is 12.6. The number of thioether (sulfide) groups is 1. The Morgan fingerprint density at radius 2 is 1.74 bits per heavy atom. The average Bonchev–Trinajstić information content (AvgIpc) is 2.43. The standard InChI is InChI=1S/C15H30N2S2/c1-3-4-5-6-7-8-11-17-12-9-15(19-2,10-13-17)14(16)18/h3-13H2,1-2H3,(H2,16,18). The molecule has 0 bridgehead atoms. The van der Waals surface area contributed by atoms with Gasteiger partial charge in [0.2, 0.25) is 0 Å². The minimum Gasteiger partial charge on any atom is -0.392 e. The molecule has 0 aromatic rings. The van der Waals surface area contributed by atoms with Gasteiger partial charge in [0.05, 0.1) is 9.74 Å². The molecule has 0 aromatic heterocycles. The van der Waals surface area contributed by atoms with Crippen molar-refractivity contribution in [2.24, 2.45) is 5.73 Å². The third-order valence-electron chi connectivity index (χ3n) is 4.33. The van der Waals surface area contributed by atoms with Crippen LogP contribution < -0.4 is 5.73 Å². The number of unbranched alkanes of at least 4 members (excludes halogenated alkanes) is 5. The van der Waals surface area contributed by atoms with Crippen molar-refractivity contribution in [3.63, 3.8) is 0 Å². The van der Waals surface area contributed by atoms with Gasteiger partial charge in [0.1, 0.15) is 0 Å². The minimum absolute atomic E-state index is 0.0763. The summed E-state index contributed by atoms with van der Waals surface area (Å²) in [7, 11) is 0. The molecule has 0 radical (unpaired) electrons. The Morgan fingerprint density at radius 3 is 2.26 bits per heavy atom. The van der Waals surface area contributed by atoms with Crippen LogP contribution >= 0.6 is 24.0 Å². The highest BCUT2D eigenvalue weighted by molar-refractivity contribution is 8.02. The SMILES string of the molecule is CCCCCCCCN1CCC(SC)(C(N)=S)CC1. The molecule has 1 rings (SSSR count). The summed E-state index contributed by atoms with van der Waals surface area (Å²) in [4.78, 5) is 3.30. The van der Waals surface area contributed by atoms with E-state index in [4.69, 9.17) is 18.0 Å². The molecule has 1 fully saturated rings. The van der Waals surface area contributed by atoms with Crippen molar-refractivity contribution in [1.82, 2.24) is 4.90 Å². The molecular formula is C15H30N2S2.